The molecule has 3 nitrogen and oxygen atoms in total. The van der Waals surface area contributed by atoms with Crippen molar-refractivity contribution < 1.29 is 4.74 Å². The van der Waals surface area contributed by atoms with Gasteiger partial charge in [0.05, 0.1) is 12.2 Å². The molecule has 2 aliphatic rings. The number of nitrogens with one attached hydrogen (secondary N) is 1. The van der Waals surface area contributed by atoms with Crippen LogP contribution in [0.1, 0.15) is 27.2 Å². The lowest BCUT2D eigenvalue weighted by atomic mass is 10.0. The molecule has 0 amide bonds. The van der Waals surface area contributed by atoms with Crippen LogP contribution in [-0.4, -0.2) is 48.8 Å². The van der Waals surface area contributed by atoms with Crippen LogP contribution < -0.4 is 5.32 Å². The van der Waals surface area contributed by atoms with Gasteiger partial charge in [0.25, 0.3) is 0 Å². The Balaban J connectivity index is 1.68. The van der Waals surface area contributed by atoms with E-state index in [0.717, 1.165) is 13.0 Å². The highest BCUT2D eigenvalue weighted by Gasteiger charge is 2.35. The number of likely N-dealkylation sites (tertiary alicyclic amines) is 1. The second kappa shape index (κ2) is 3.80. The average molecular weight is 198 g/mol. The van der Waals surface area contributed by atoms with E-state index in [4.69, 9.17) is 4.74 Å². The third kappa shape index (κ3) is 2.27. The van der Waals surface area contributed by atoms with Crippen LogP contribution in [0.15, 0.2) is 0 Å². The number of ether oxygens (including phenoxy) is 1. The zero-order chi connectivity index (χ0) is 10.2. The smallest absolute Gasteiger partial charge is 0.0643 e. The number of likely N-dealkylation sites (N-methyl/N-ethyl adjacent to an activating group) is 1. The maximum Gasteiger partial charge on any atom is 0.0643 e. The Morgan fingerprint density at radius 1 is 1.36 bits per heavy atom. The van der Waals surface area contributed by atoms with E-state index in [1.807, 2.05) is 0 Å². The van der Waals surface area contributed by atoms with Gasteiger partial charge >= 0.3 is 0 Å². The molecule has 0 aromatic heterocycles. The minimum absolute atomic E-state index is 0.0891. The van der Waals surface area contributed by atoms with Crippen molar-refractivity contribution in [1.82, 2.24) is 10.2 Å². The molecule has 0 aromatic carbocycles. The van der Waals surface area contributed by atoms with Crippen molar-refractivity contribution in [3.63, 3.8) is 0 Å². The highest BCUT2D eigenvalue weighted by molar-refractivity contribution is 4.92. The SMILES string of the molecule is CCN1CC(NC2COC(C)(C)C2)C1. The zero-order valence-corrected chi connectivity index (χ0v) is 9.55. The van der Waals surface area contributed by atoms with E-state index in [9.17, 15) is 0 Å². The first-order valence-corrected chi connectivity index (χ1v) is 5.71. The summed E-state index contributed by atoms with van der Waals surface area (Å²) in [7, 11) is 0. The third-order valence-corrected chi connectivity index (χ3v) is 3.29. The van der Waals surface area contributed by atoms with Gasteiger partial charge in [0.2, 0.25) is 0 Å². The highest BCUT2D eigenvalue weighted by atomic mass is 16.5. The van der Waals surface area contributed by atoms with Crippen molar-refractivity contribution >= 4 is 0 Å². The number of hydrogen-bond donors (Lipinski definition) is 1. The predicted molar refractivity (Wildman–Crippen MR) is 57.5 cm³/mol. The van der Waals surface area contributed by atoms with E-state index >= 15 is 0 Å². The van der Waals surface area contributed by atoms with Gasteiger partial charge in [-0.3, -0.25) is 0 Å². The second-order valence-corrected chi connectivity index (χ2v) is 5.19. The van der Waals surface area contributed by atoms with Crippen LogP contribution in [-0.2, 0) is 4.74 Å². The van der Waals surface area contributed by atoms with Crippen LogP contribution in [0.3, 0.4) is 0 Å². The molecule has 82 valence electrons. The van der Waals surface area contributed by atoms with Gasteiger partial charge in [-0.1, -0.05) is 6.92 Å². The van der Waals surface area contributed by atoms with Crippen molar-refractivity contribution in [2.45, 2.75) is 44.9 Å². The Bertz CT molecular complexity index is 199. The molecule has 3 heteroatoms. The summed E-state index contributed by atoms with van der Waals surface area (Å²) in [6.45, 7) is 11.1. The van der Waals surface area contributed by atoms with Crippen LogP contribution in [0.5, 0.6) is 0 Å². The highest BCUT2D eigenvalue weighted by Crippen LogP contribution is 2.25. The summed E-state index contributed by atoms with van der Waals surface area (Å²) in [6.07, 6.45) is 1.15. The Morgan fingerprint density at radius 2 is 2.07 bits per heavy atom. The molecule has 0 saturated carbocycles. The molecule has 2 fully saturated rings. The van der Waals surface area contributed by atoms with Crippen LogP contribution in [0.25, 0.3) is 0 Å². The van der Waals surface area contributed by atoms with Crippen LogP contribution in [0.4, 0.5) is 0 Å². The van der Waals surface area contributed by atoms with E-state index in [-0.39, 0.29) is 5.60 Å². The first kappa shape index (κ1) is 10.4. The van der Waals surface area contributed by atoms with Gasteiger partial charge in [0.1, 0.15) is 0 Å². The molecule has 2 saturated heterocycles. The molecule has 2 aliphatic heterocycles. The third-order valence-electron chi connectivity index (χ3n) is 3.29. The minimum Gasteiger partial charge on any atom is -0.374 e. The van der Waals surface area contributed by atoms with Crippen molar-refractivity contribution in [3.8, 4) is 0 Å². The first-order chi connectivity index (χ1) is 6.59. The summed E-state index contributed by atoms with van der Waals surface area (Å²) in [5.41, 5.74) is 0.0891. The largest absolute Gasteiger partial charge is 0.374 e. The van der Waals surface area contributed by atoms with Gasteiger partial charge in [-0.2, -0.15) is 0 Å². The molecule has 2 rings (SSSR count). The van der Waals surface area contributed by atoms with Gasteiger partial charge in [0, 0.05) is 25.2 Å². The lowest BCUT2D eigenvalue weighted by Gasteiger charge is -2.40. The van der Waals surface area contributed by atoms with Crippen LogP contribution >= 0.6 is 0 Å². The normalized spacial score (nSPS) is 33.2. The Hall–Kier alpha value is -0.120. The molecule has 0 bridgehead atoms. The quantitative estimate of drug-likeness (QED) is 0.727. The van der Waals surface area contributed by atoms with Crippen molar-refractivity contribution in [1.29, 1.82) is 0 Å². The van der Waals surface area contributed by atoms with Gasteiger partial charge in [-0.25, -0.2) is 0 Å². The van der Waals surface area contributed by atoms with E-state index < -0.39 is 0 Å². The molecule has 0 radical (unpaired) electrons. The maximum atomic E-state index is 5.70. The average Bonchev–Trinajstić information content (AvgIpc) is 2.37. The molecule has 14 heavy (non-hydrogen) atoms. The maximum absolute atomic E-state index is 5.70. The van der Waals surface area contributed by atoms with E-state index in [2.05, 4.69) is 31.0 Å². The number of hydrogen-bond acceptors (Lipinski definition) is 3. The minimum atomic E-state index is 0.0891. The van der Waals surface area contributed by atoms with Gasteiger partial charge < -0.3 is 15.0 Å². The Kier molecular flexibility index (Phi) is 2.82. The zero-order valence-electron chi connectivity index (χ0n) is 9.55. The number of nitrogens with zero attached hydrogens (tertiary/aromatic N) is 1. The molecule has 0 spiro atoms. The lowest BCUT2D eigenvalue weighted by molar-refractivity contribution is 0.0348. The van der Waals surface area contributed by atoms with Crippen molar-refractivity contribution in [3.05, 3.63) is 0 Å². The molecule has 0 aliphatic carbocycles. The van der Waals surface area contributed by atoms with Crippen LogP contribution in [0, 0.1) is 0 Å². The summed E-state index contributed by atoms with van der Waals surface area (Å²) in [4.78, 5) is 2.46. The monoisotopic (exact) mass is 198 g/mol. The molecular formula is C11H22N2O. The van der Waals surface area contributed by atoms with E-state index in [0.29, 0.717) is 12.1 Å². The van der Waals surface area contributed by atoms with E-state index in [1.165, 1.54) is 19.6 Å². The van der Waals surface area contributed by atoms with Gasteiger partial charge in [-0.15, -0.1) is 0 Å². The molecule has 2 heterocycles. The fourth-order valence-corrected chi connectivity index (χ4v) is 2.41. The standard InChI is InChI=1S/C11H22N2O/c1-4-13-6-10(7-13)12-9-5-11(2,3)14-8-9/h9-10,12H,4-8H2,1-3H3. The van der Waals surface area contributed by atoms with E-state index in [1.54, 1.807) is 0 Å². The molecule has 0 aromatic rings. The summed E-state index contributed by atoms with van der Waals surface area (Å²) in [5.74, 6) is 0. The fourth-order valence-electron chi connectivity index (χ4n) is 2.41. The summed E-state index contributed by atoms with van der Waals surface area (Å²) >= 11 is 0. The topological polar surface area (TPSA) is 24.5 Å². The summed E-state index contributed by atoms with van der Waals surface area (Å²) in [6, 6.07) is 1.28. The van der Waals surface area contributed by atoms with Gasteiger partial charge in [-0.05, 0) is 26.8 Å². The molecule has 1 N–H and O–H groups in total. The Morgan fingerprint density at radius 3 is 2.57 bits per heavy atom. The Labute approximate surface area is 86.8 Å². The fraction of sp³-hybridized carbons (Fsp3) is 1.00. The summed E-state index contributed by atoms with van der Waals surface area (Å²) < 4.78 is 5.70. The molecule has 1 atom stereocenters. The van der Waals surface area contributed by atoms with Crippen molar-refractivity contribution in [2.24, 2.45) is 0 Å². The predicted octanol–water partition coefficient (Wildman–Crippen LogP) is 0.848. The van der Waals surface area contributed by atoms with Crippen molar-refractivity contribution in [2.75, 3.05) is 26.2 Å². The molecular weight excluding hydrogens is 176 g/mol. The first-order valence-electron chi connectivity index (χ1n) is 5.71. The molecule has 1 unspecified atom stereocenters. The summed E-state index contributed by atoms with van der Waals surface area (Å²) in [5, 5.41) is 3.67. The lowest BCUT2D eigenvalue weighted by Crippen LogP contribution is -2.60. The second-order valence-electron chi connectivity index (χ2n) is 5.19. The van der Waals surface area contributed by atoms with Gasteiger partial charge in [0.15, 0.2) is 0 Å². The van der Waals surface area contributed by atoms with Crippen LogP contribution in [0.2, 0.25) is 0 Å². The number of rotatable bonds is 3.